The third-order valence-electron chi connectivity index (χ3n) is 2.88. The third-order valence-corrected chi connectivity index (χ3v) is 4.58. The van der Waals surface area contributed by atoms with Gasteiger partial charge in [-0.1, -0.05) is 19.6 Å². The summed E-state index contributed by atoms with van der Waals surface area (Å²) in [5.74, 6) is 0. The molecular weight excluding hydrogens is 239 g/mol. The van der Waals surface area contributed by atoms with Gasteiger partial charge in [0.05, 0.1) is 0 Å². The number of rotatable bonds is 6. The molecule has 102 valence electrons. The molecule has 1 heterocycles. The van der Waals surface area contributed by atoms with E-state index in [1.807, 2.05) is 0 Å². The summed E-state index contributed by atoms with van der Waals surface area (Å²) >= 11 is 0. The molecule has 1 aliphatic rings. The Labute approximate surface area is 125 Å². The van der Waals surface area contributed by atoms with Crippen LogP contribution >= 0.6 is 0 Å². The Morgan fingerprint density at radius 3 is 2.39 bits per heavy atom. The largest absolute Gasteiger partial charge is 1.00 e. The van der Waals surface area contributed by atoms with E-state index in [0.717, 1.165) is 13.2 Å². The zero-order valence-corrected chi connectivity index (χ0v) is 13.8. The smallest absolute Gasteiger partial charge is 0.870 e. The first kappa shape index (κ1) is 20.5. The number of hydrazine groups is 1. The van der Waals surface area contributed by atoms with Crippen molar-refractivity contribution < 1.29 is 29.1 Å². The van der Waals surface area contributed by atoms with E-state index < -0.39 is 8.07 Å². The Bertz CT molecular complexity index is 247. The molecule has 0 spiro atoms. The molecule has 0 radical (unpaired) electrons. The normalized spacial score (nSPS) is 19.6. The quantitative estimate of drug-likeness (QED) is 0.484. The predicted molar refractivity (Wildman–Crippen MR) is 73.7 cm³/mol. The summed E-state index contributed by atoms with van der Waals surface area (Å²) in [7, 11) is -0.949. The van der Waals surface area contributed by atoms with E-state index in [-0.39, 0.29) is 24.3 Å². The van der Waals surface area contributed by atoms with Crippen molar-refractivity contribution in [1.82, 2.24) is 10.0 Å². The van der Waals surface area contributed by atoms with Crippen LogP contribution in [-0.4, -0.2) is 49.5 Å². The maximum Gasteiger partial charge on any atom is 1.00 e. The Morgan fingerprint density at radius 2 is 1.89 bits per heavy atom. The van der Waals surface area contributed by atoms with Crippen LogP contribution in [0.1, 0.15) is 13.8 Å². The molecule has 0 aromatic heterocycles. The molecule has 1 unspecified atom stereocenters. The van der Waals surface area contributed by atoms with E-state index in [0.29, 0.717) is 12.8 Å². The van der Waals surface area contributed by atoms with Crippen LogP contribution in [0.4, 0.5) is 0 Å². The minimum Gasteiger partial charge on any atom is -0.870 e. The van der Waals surface area contributed by atoms with E-state index in [1.54, 1.807) is 0 Å². The molecule has 0 saturated carbocycles. The van der Waals surface area contributed by atoms with Crippen LogP contribution in [0, 0.1) is 0 Å². The van der Waals surface area contributed by atoms with Crippen molar-refractivity contribution >= 4 is 8.07 Å². The fraction of sp³-hybridized carbons (Fsp3) is 0.833. The Balaban J connectivity index is 0. The number of hydrogen-bond acceptors (Lipinski definition) is 4. The van der Waals surface area contributed by atoms with Crippen molar-refractivity contribution in [1.29, 1.82) is 0 Å². The second-order valence-electron chi connectivity index (χ2n) is 5.63. The van der Waals surface area contributed by atoms with Gasteiger partial charge < -0.3 is 15.2 Å². The Kier molecular flexibility index (Phi) is 10.5. The first-order chi connectivity index (χ1) is 7.44. The van der Waals surface area contributed by atoms with Gasteiger partial charge >= 0.3 is 18.9 Å². The molecule has 0 aromatic rings. The van der Waals surface area contributed by atoms with Gasteiger partial charge in [0.25, 0.3) is 0 Å². The van der Waals surface area contributed by atoms with Gasteiger partial charge in [0, 0.05) is 33.5 Å². The van der Waals surface area contributed by atoms with Crippen LogP contribution in [0.15, 0.2) is 12.3 Å². The first-order valence-electron chi connectivity index (χ1n) is 6.23. The molecule has 0 aromatic carbocycles. The van der Waals surface area contributed by atoms with Crippen molar-refractivity contribution in [3.63, 3.8) is 0 Å². The molecule has 18 heavy (non-hydrogen) atoms. The van der Waals surface area contributed by atoms with Gasteiger partial charge in [-0.2, -0.15) is 5.01 Å². The van der Waals surface area contributed by atoms with Crippen LogP contribution in [0.2, 0.25) is 25.7 Å². The number of nitrogens with zero attached hydrogens (tertiary/aromatic N) is 2. The SMILES string of the molecule is CCN1C=CC(C)N1COCC[Si](C)(C)C.[Li+].[OH-]. The minimum atomic E-state index is -0.949. The van der Waals surface area contributed by atoms with Crippen molar-refractivity contribution in [3.8, 4) is 0 Å². The predicted octanol–water partition coefficient (Wildman–Crippen LogP) is -0.419. The topological polar surface area (TPSA) is 45.7 Å². The van der Waals surface area contributed by atoms with Gasteiger partial charge in [-0.05, 0) is 26.0 Å². The van der Waals surface area contributed by atoms with Crippen LogP contribution in [-0.2, 0) is 4.74 Å². The maximum absolute atomic E-state index is 5.78. The summed E-state index contributed by atoms with van der Waals surface area (Å²) in [6.45, 7) is 14.1. The molecule has 4 nitrogen and oxygen atoms in total. The molecule has 0 saturated heterocycles. The van der Waals surface area contributed by atoms with Gasteiger partial charge in [-0.25, -0.2) is 0 Å². The van der Waals surface area contributed by atoms with Gasteiger partial charge in [-0.3, -0.25) is 0 Å². The third kappa shape index (κ3) is 6.98. The molecule has 0 aliphatic carbocycles. The van der Waals surface area contributed by atoms with Crippen LogP contribution in [0.3, 0.4) is 0 Å². The second kappa shape index (κ2) is 9.19. The number of hydrogen-bond donors (Lipinski definition) is 0. The zero-order chi connectivity index (χ0) is 12.2. The van der Waals surface area contributed by atoms with Crippen LogP contribution in [0.5, 0.6) is 0 Å². The van der Waals surface area contributed by atoms with E-state index in [4.69, 9.17) is 4.74 Å². The molecule has 1 rings (SSSR count). The monoisotopic (exact) mass is 266 g/mol. The summed E-state index contributed by atoms with van der Waals surface area (Å²) in [5, 5.41) is 4.49. The summed E-state index contributed by atoms with van der Waals surface area (Å²) in [6.07, 6.45) is 4.36. The summed E-state index contributed by atoms with van der Waals surface area (Å²) in [4.78, 5) is 0. The van der Waals surface area contributed by atoms with Crippen LogP contribution in [0.25, 0.3) is 0 Å². The summed E-state index contributed by atoms with van der Waals surface area (Å²) < 4.78 is 5.78. The van der Waals surface area contributed by atoms with Gasteiger partial charge in [0.1, 0.15) is 6.73 Å². The molecule has 0 bridgehead atoms. The zero-order valence-electron chi connectivity index (χ0n) is 12.8. The number of ether oxygens (including phenoxy) is 1. The van der Waals surface area contributed by atoms with E-state index >= 15 is 0 Å². The molecule has 0 amide bonds. The van der Waals surface area contributed by atoms with Crippen molar-refractivity contribution in [2.75, 3.05) is 19.9 Å². The molecule has 1 N–H and O–H groups in total. The fourth-order valence-corrected chi connectivity index (χ4v) is 2.41. The van der Waals surface area contributed by atoms with E-state index in [2.05, 4.69) is 55.8 Å². The van der Waals surface area contributed by atoms with Gasteiger partial charge in [0.15, 0.2) is 0 Å². The van der Waals surface area contributed by atoms with Crippen molar-refractivity contribution in [3.05, 3.63) is 12.3 Å². The molecule has 0 fully saturated rings. The second-order valence-corrected chi connectivity index (χ2v) is 11.2. The van der Waals surface area contributed by atoms with Gasteiger partial charge in [-0.15, -0.1) is 0 Å². The minimum absolute atomic E-state index is 0. The first-order valence-corrected chi connectivity index (χ1v) is 9.94. The van der Waals surface area contributed by atoms with E-state index in [9.17, 15) is 0 Å². The van der Waals surface area contributed by atoms with Crippen LogP contribution < -0.4 is 18.9 Å². The molecule has 6 heteroatoms. The van der Waals surface area contributed by atoms with Gasteiger partial charge in [0.2, 0.25) is 0 Å². The average molecular weight is 266 g/mol. The van der Waals surface area contributed by atoms with Crippen molar-refractivity contribution in [2.45, 2.75) is 45.6 Å². The molecule has 1 aliphatic heterocycles. The maximum atomic E-state index is 5.78. The fourth-order valence-electron chi connectivity index (χ4n) is 1.66. The molecular formula is C12H27LiN2O2Si. The average Bonchev–Trinajstić information content (AvgIpc) is 2.53. The Morgan fingerprint density at radius 1 is 1.28 bits per heavy atom. The Hall–Kier alpha value is 0.234. The summed E-state index contributed by atoms with van der Waals surface area (Å²) in [6, 6.07) is 1.71. The standard InChI is InChI=1S/C12H26N2OSi.Li.H2O/c1-6-13-8-7-12(2)14(13)11-15-9-10-16(3,4)5;;/h7-8,12H,6,9-11H2,1-5H3;;1H2/q;+1;/p-1. The van der Waals surface area contributed by atoms with Crippen molar-refractivity contribution in [2.24, 2.45) is 0 Å². The summed E-state index contributed by atoms with van der Waals surface area (Å²) in [5.41, 5.74) is 0. The van der Waals surface area contributed by atoms with E-state index in [1.165, 1.54) is 6.04 Å². The molecule has 1 atom stereocenters.